The molecule has 1 atom stereocenters. The zero-order valence-corrected chi connectivity index (χ0v) is 18.4. The van der Waals surface area contributed by atoms with Crippen molar-refractivity contribution in [2.45, 2.75) is 70.5 Å². The van der Waals surface area contributed by atoms with Gasteiger partial charge in [0.15, 0.2) is 0 Å². The molecule has 1 fully saturated rings. The maximum absolute atomic E-state index is 13.2. The number of rotatable bonds is 8. The predicted molar refractivity (Wildman–Crippen MR) is 121 cm³/mol. The second kappa shape index (κ2) is 11.2. The second-order valence-corrected chi connectivity index (χ2v) is 8.53. The first-order valence-corrected chi connectivity index (χ1v) is 11.3. The molecule has 160 valence electrons. The van der Waals surface area contributed by atoms with Gasteiger partial charge in [-0.25, -0.2) is 0 Å². The van der Waals surface area contributed by atoms with Crippen molar-refractivity contribution in [1.29, 1.82) is 0 Å². The van der Waals surface area contributed by atoms with Crippen molar-refractivity contribution in [3.63, 3.8) is 0 Å². The quantitative estimate of drug-likeness (QED) is 0.635. The molecule has 2 amide bonds. The van der Waals surface area contributed by atoms with Crippen LogP contribution in [0.1, 0.15) is 56.6 Å². The van der Waals surface area contributed by atoms with Gasteiger partial charge in [-0.15, -0.1) is 0 Å². The molecule has 1 aliphatic rings. The number of hydrogen-bond donors (Lipinski definition) is 1. The molecular weight excluding hydrogens is 396 g/mol. The Morgan fingerprint density at radius 2 is 1.70 bits per heavy atom. The molecule has 0 radical (unpaired) electrons. The van der Waals surface area contributed by atoms with Crippen LogP contribution >= 0.6 is 11.6 Å². The Kier molecular flexibility index (Phi) is 8.32. The highest BCUT2D eigenvalue weighted by atomic mass is 35.5. The molecule has 0 bridgehead atoms. The summed E-state index contributed by atoms with van der Waals surface area (Å²) >= 11 is 6.25. The number of carbonyl (C=O) groups is 2. The van der Waals surface area contributed by atoms with Gasteiger partial charge in [0.1, 0.15) is 6.04 Å². The van der Waals surface area contributed by atoms with Gasteiger partial charge in [-0.3, -0.25) is 9.59 Å². The highest BCUT2D eigenvalue weighted by Crippen LogP contribution is 2.20. The summed E-state index contributed by atoms with van der Waals surface area (Å²) in [6, 6.07) is 17.1. The summed E-state index contributed by atoms with van der Waals surface area (Å²) in [4.78, 5) is 27.8. The van der Waals surface area contributed by atoms with Crippen LogP contribution in [0.3, 0.4) is 0 Å². The number of hydrogen-bond acceptors (Lipinski definition) is 2. The van der Waals surface area contributed by atoms with E-state index in [1.807, 2.05) is 61.5 Å². The van der Waals surface area contributed by atoms with Gasteiger partial charge < -0.3 is 10.2 Å². The van der Waals surface area contributed by atoms with Crippen LogP contribution in [0.5, 0.6) is 0 Å². The molecular formula is C25H31ClN2O2. The number of benzene rings is 2. The molecule has 2 aromatic rings. The fourth-order valence-corrected chi connectivity index (χ4v) is 4.25. The number of carbonyl (C=O) groups excluding carboxylic acids is 2. The van der Waals surface area contributed by atoms with Crippen molar-refractivity contribution in [1.82, 2.24) is 10.2 Å². The fourth-order valence-electron chi connectivity index (χ4n) is 4.02. The Morgan fingerprint density at radius 1 is 1.03 bits per heavy atom. The standard InChI is InChI=1S/C25H31ClN2O2/c1-19(25(30)27-22-13-6-3-7-14-22)28(18-20-10-4-2-5-11-20)24(29)17-16-21-12-8-9-15-23(21)26/h2,4-5,8-12,15,19,22H,3,6-7,13-14,16-18H2,1H3,(H,27,30). The van der Waals surface area contributed by atoms with E-state index < -0.39 is 6.04 Å². The SMILES string of the molecule is CC(C(=O)NC1CCCCC1)N(Cc1ccccc1)C(=O)CCc1ccccc1Cl. The van der Waals surface area contributed by atoms with Gasteiger partial charge in [0.25, 0.3) is 0 Å². The molecule has 4 nitrogen and oxygen atoms in total. The monoisotopic (exact) mass is 426 g/mol. The van der Waals surface area contributed by atoms with E-state index in [1.54, 1.807) is 4.90 Å². The minimum Gasteiger partial charge on any atom is -0.352 e. The van der Waals surface area contributed by atoms with Gasteiger partial charge in [-0.2, -0.15) is 0 Å². The molecule has 30 heavy (non-hydrogen) atoms. The number of nitrogens with zero attached hydrogens (tertiary/aromatic N) is 1. The van der Waals surface area contributed by atoms with Crippen LogP contribution in [0.2, 0.25) is 5.02 Å². The van der Waals surface area contributed by atoms with E-state index in [4.69, 9.17) is 11.6 Å². The number of halogens is 1. The van der Waals surface area contributed by atoms with E-state index in [2.05, 4.69) is 5.32 Å². The van der Waals surface area contributed by atoms with E-state index in [0.717, 1.165) is 36.8 Å². The zero-order valence-electron chi connectivity index (χ0n) is 17.6. The molecule has 0 saturated heterocycles. The van der Waals surface area contributed by atoms with Crippen LogP contribution in [0.15, 0.2) is 54.6 Å². The van der Waals surface area contributed by atoms with Crippen molar-refractivity contribution in [3.8, 4) is 0 Å². The molecule has 1 N–H and O–H groups in total. The number of amides is 2. The average Bonchev–Trinajstić information content (AvgIpc) is 2.77. The van der Waals surface area contributed by atoms with Crippen LogP contribution < -0.4 is 5.32 Å². The smallest absolute Gasteiger partial charge is 0.242 e. The van der Waals surface area contributed by atoms with Crippen LogP contribution in [-0.4, -0.2) is 28.8 Å². The van der Waals surface area contributed by atoms with Crippen molar-refractivity contribution in [2.24, 2.45) is 0 Å². The van der Waals surface area contributed by atoms with Gasteiger partial charge in [0.05, 0.1) is 0 Å². The lowest BCUT2D eigenvalue weighted by Crippen LogP contribution is -2.50. The van der Waals surface area contributed by atoms with Crippen LogP contribution in [-0.2, 0) is 22.6 Å². The molecule has 1 aliphatic carbocycles. The molecule has 0 aliphatic heterocycles. The molecule has 3 rings (SSSR count). The molecule has 1 saturated carbocycles. The topological polar surface area (TPSA) is 49.4 Å². The van der Waals surface area contributed by atoms with E-state index in [9.17, 15) is 9.59 Å². The lowest BCUT2D eigenvalue weighted by atomic mass is 9.95. The fraction of sp³-hybridized carbons (Fsp3) is 0.440. The maximum Gasteiger partial charge on any atom is 0.242 e. The Hall–Kier alpha value is -2.33. The maximum atomic E-state index is 13.2. The largest absolute Gasteiger partial charge is 0.352 e. The highest BCUT2D eigenvalue weighted by molar-refractivity contribution is 6.31. The highest BCUT2D eigenvalue weighted by Gasteiger charge is 2.28. The first-order valence-electron chi connectivity index (χ1n) is 10.9. The third kappa shape index (κ3) is 6.33. The van der Waals surface area contributed by atoms with E-state index in [1.165, 1.54) is 6.42 Å². The van der Waals surface area contributed by atoms with Crippen molar-refractivity contribution in [3.05, 3.63) is 70.7 Å². The number of aryl methyl sites for hydroxylation is 1. The van der Waals surface area contributed by atoms with Gasteiger partial charge in [-0.1, -0.05) is 79.4 Å². The lowest BCUT2D eigenvalue weighted by molar-refractivity contribution is -0.141. The van der Waals surface area contributed by atoms with Gasteiger partial charge in [0, 0.05) is 24.0 Å². The predicted octanol–water partition coefficient (Wildman–Crippen LogP) is 5.14. The van der Waals surface area contributed by atoms with E-state index in [-0.39, 0.29) is 17.9 Å². The Labute approximate surface area is 184 Å². The van der Waals surface area contributed by atoms with Gasteiger partial charge >= 0.3 is 0 Å². The van der Waals surface area contributed by atoms with E-state index in [0.29, 0.717) is 24.4 Å². The van der Waals surface area contributed by atoms with Crippen molar-refractivity contribution < 1.29 is 9.59 Å². The van der Waals surface area contributed by atoms with Crippen LogP contribution in [0.4, 0.5) is 0 Å². The third-order valence-electron chi connectivity index (χ3n) is 5.88. The van der Waals surface area contributed by atoms with Gasteiger partial charge in [-0.05, 0) is 43.4 Å². The molecule has 1 unspecified atom stereocenters. The minimum atomic E-state index is -0.522. The molecule has 0 spiro atoms. The first-order chi connectivity index (χ1) is 14.5. The average molecular weight is 427 g/mol. The summed E-state index contributed by atoms with van der Waals surface area (Å²) in [5.74, 6) is -0.103. The van der Waals surface area contributed by atoms with Crippen molar-refractivity contribution in [2.75, 3.05) is 0 Å². The van der Waals surface area contributed by atoms with Crippen LogP contribution in [0.25, 0.3) is 0 Å². The van der Waals surface area contributed by atoms with Gasteiger partial charge in [0.2, 0.25) is 11.8 Å². The summed E-state index contributed by atoms with van der Waals surface area (Å²) in [7, 11) is 0. The molecule has 5 heteroatoms. The molecule has 0 heterocycles. The zero-order chi connectivity index (χ0) is 21.3. The normalized spacial score (nSPS) is 15.4. The Morgan fingerprint density at radius 3 is 2.40 bits per heavy atom. The minimum absolute atomic E-state index is 0.0370. The van der Waals surface area contributed by atoms with E-state index >= 15 is 0 Å². The summed E-state index contributed by atoms with van der Waals surface area (Å²) in [5.41, 5.74) is 1.97. The Bertz CT molecular complexity index is 834. The second-order valence-electron chi connectivity index (χ2n) is 8.12. The summed E-state index contributed by atoms with van der Waals surface area (Å²) in [6.45, 7) is 2.25. The molecule has 2 aromatic carbocycles. The summed E-state index contributed by atoms with van der Waals surface area (Å²) in [6.07, 6.45) is 6.48. The summed E-state index contributed by atoms with van der Waals surface area (Å²) < 4.78 is 0. The molecule has 0 aromatic heterocycles. The third-order valence-corrected chi connectivity index (χ3v) is 6.25. The van der Waals surface area contributed by atoms with Crippen molar-refractivity contribution >= 4 is 23.4 Å². The lowest BCUT2D eigenvalue weighted by Gasteiger charge is -2.31. The Balaban J connectivity index is 1.69. The van der Waals surface area contributed by atoms with Crippen LogP contribution in [0, 0.1) is 0 Å². The number of nitrogens with one attached hydrogen (secondary N) is 1. The first kappa shape index (κ1) is 22.4. The summed E-state index contributed by atoms with van der Waals surface area (Å²) in [5, 5.41) is 3.84.